The smallest absolute Gasteiger partial charge is 0.463 e. The number of hydrogen-bond donors (Lipinski definition) is 0. The van der Waals surface area contributed by atoms with Crippen molar-refractivity contribution < 1.29 is 22.8 Å². The van der Waals surface area contributed by atoms with E-state index in [-0.39, 0.29) is 5.97 Å². The average molecular weight is 304 g/mol. The van der Waals surface area contributed by atoms with Gasteiger partial charge in [-0.05, 0) is 19.8 Å². The highest BCUT2D eigenvalue weighted by atomic mass is 28.4. The Kier molecular flexibility index (Phi) is 11.7. The SMILES string of the molecule is C=CC(=O)OCCCCCCC[Si](OC)(OC)OCC. The first kappa shape index (κ1) is 19.3. The van der Waals surface area contributed by atoms with Crippen molar-refractivity contribution in [2.45, 2.75) is 45.1 Å². The van der Waals surface area contributed by atoms with E-state index in [2.05, 4.69) is 6.58 Å². The molecule has 0 radical (unpaired) electrons. The van der Waals surface area contributed by atoms with Crippen molar-refractivity contribution in [1.82, 2.24) is 0 Å². The minimum absolute atomic E-state index is 0.349. The fourth-order valence-electron chi connectivity index (χ4n) is 1.90. The van der Waals surface area contributed by atoms with Crippen molar-refractivity contribution in [3.63, 3.8) is 0 Å². The molecule has 0 spiro atoms. The molecule has 0 atom stereocenters. The van der Waals surface area contributed by atoms with Gasteiger partial charge in [-0.1, -0.05) is 25.8 Å². The van der Waals surface area contributed by atoms with E-state index in [1.807, 2.05) is 6.92 Å². The molecule has 0 aromatic carbocycles. The zero-order valence-corrected chi connectivity index (χ0v) is 14.0. The zero-order valence-electron chi connectivity index (χ0n) is 13.0. The molecule has 0 aliphatic carbocycles. The van der Waals surface area contributed by atoms with Crippen LogP contribution in [-0.4, -0.2) is 42.2 Å². The normalized spacial score (nSPS) is 11.3. The Morgan fingerprint density at radius 1 is 1.10 bits per heavy atom. The first-order valence-corrected chi connectivity index (χ1v) is 9.10. The lowest BCUT2D eigenvalue weighted by Gasteiger charge is -2.25. The van der Waals surface area contributed by atoms with Gasteiger partial charge in [-0.15, -0.1) is 0 Å². The molecule has 0 N–H and O–H groups in total. The highest BCUT2D eigenvalue weighted by Gasteiger charge is 2.37. The van der Waals surface area contributed by atoms with Gasteiger partial charge in [0, 0.05) is 32.9 Å². The van der Waals surface area contributed by atoms with Crippen LogP contribution in [0.15, 0.2) is 12.7 Å². The van der Waals surface area contributed by atoms with Gasteiger partial charge in [0.2, 0.25) is 0 Å². The van der Waals surface area contributed by atoms with Gasteiger partial charge >= 0.3 is 14.8 Å². The number of esters is 1. The lowest BCUT2D eigenvalue weighted by atomic mass is 10.2. The van der Waals surface area contributed by atoms with Crippen molar-refractivity contribution >= 4 is 14.8 Å². The lowest BCUT2D eigenvalue weighted by molar-refractivity contribution is -0.137. The lowest BCUT2D eigenvalue weighted by Crippen LogP contribution is -2.43. The molecule has 0 saturated carbocycles. The van der Waals surface area contributed by atoms with Crippen LogP contribution in [0.4, 0.5) is 0 Å². The van der Waals surface area contributed by atoms with Crippen LogP contribution >= 0.6 is 0 Å². The van der Waals surface area contributed by atoms with Crippen LogP contribution in [0.25, 0.3) is 0 Å². The van der Waals surface area contributed by atoms with E-state index < -0.39 is 8.80 Å². The monoisotopic (exact) mass is 304 g/mol. The summed E-state index contributed by atoms with van der Waals surface area (Å²) in [6.07, 6.45) is 6.36. The summed E-state index contributed by atoms with van der Waals surface area (Å²) in [5.74, 6) is -0.349. The van der Waals surface area contributed by atoms with Crippen LogP contribution < -0.4 is 0 Å². The molecule has 0 amide bonds. The summed E-state index contributed by atoms with van der Waals surface area (Å²) in [5.41, 5.74) is 0. The Hall–Kier alpha value is -0.693. The van der Waals surface area contributed by atoms with Crippen LogP contribution in [0.5, 0.6) is 0 Å². The number of ether oxygens (including phenoxy) is 1. The molecular formula is C14H28O5Si. The summed E-state index contributed by atoms with van der Waals surface area (Å²) in [7, 11) is 0.885. The Morgan fingerprint density at radius 2 is 1.70 bits per heavy atom. The van der Waals surface area contributed by atoms with Gasteiger partial charge in [-0.2, -0.15) is 0 Å². The van der Waals surface area contributed by atoms with Crippen molar-refractivity contribution in [3.05, 3.63) is 12.7 Å². The second kappa shape index (κ2) is 12.1. The molecule has 0 aliphatic rings. The van der Waals surface area contributed by atoms with E-state index in [1.54, 1.807) is 14.2 Å². The van der Waals surface area contributed by atoms with E-state index in [4.69, 9.17) is 18.0 Å². The molecule has 20 heavy (non-hydrogen) atoms. The molecular weight excluding hydrogens is 276 g/mol. The third kappa shape index (κ3) is 8.47. The topological polar surface area (TPSA) is 54.0 Å². The van der Waals surface area contributed by atoms with E-state index in [9.17, 15) is 4.79 Å². The highest BCUT2D eigenvalue weighted by molar-refractivity contribution is 6.60. The van der Waals surface area contributed by atoms with E-state index in [1.165, 1.54) is 6.08 Å². The number of unbranched alkanes of at least 4 members (excludes halogenated alkanes) is 4. The van der Waals surface area contributed by atoms with Gasteiger partial charge in [0.15, 0.2) is 0 Å². The largest absolute Gasteiger partial charge is 0.500 e. The summed E-state index contributed by atoms with van der Waals surface area (Å²) in [6, 6.07) is 0.847. The molecule has 118 valence electrons. The van der Waals surface area contributed by atoms with Crippen LogP contribution in [0.1, 0.15) is 39.0 Å². The Bertz CT molecular complexity index is 266. The number of carbonyl (C=O) groups excluding carboxylic acids is 1. The number of hydrogen-bond acceptors (Lipinski definition) is 5. The van der Waals surface area contributed by atoms with Crippen molar-refractivity contribution in [2.24, 2.45) is 0 Å². The van der Waals surface area contributed by atoms with Crippen LogP contribution in [-0.2, 0) is 22.8 Å². The summed E-state index contributed by atoms with van der Waals surface area (Å²) >= 11 is 0. The van der Waals surface area contributed by atoms with Crippen molar-refractivity contribution in [1.29, 1.82) is 0 Å². The van der Waals surface area contributed by atoms with Gasteiger partial charge in [0.25, 0.3) is 0 Å². The van der Waals surface area contributed by atoms with Gasteiger partial charge in [-0.3, -0.25) is 0 Å². The quantitative estimate of drug-likeness (QED) is 0.227. The maximum Gasteiger partial charge on any atom is 0.500 e. The van der Waals surface area contributed by atoms with Crippen LogP contribution in [0.3, 0.4) is 0 Å². The van der Waals surface area contributed by atoms with Crippen molar-refractivity contribution in [3.8, 4) is 0 Å². The highest BCUT2D eigenvalue weighted by Crippen LogP contribution is 2.18. The minimum atomic E-state index is -2.42. The van der Waals surface area contributed by atoms with E-state index >= 15 is 0 Å². The molecule has 0 unspecified atom stereocenters. The van der Waals surface area contributed by atoms with Gasteiger partial charge < -0.3 is 18.0 Å². The number of rotatable bonds is 13. The first-order valence-electron chi connectivity index (χ1n) is 7.17. The van der Waals surface area contributed by atoms with E-state index in [0.717, 1.165) is 38.1 Å². The van der Waals surface area contributed by atoms with E-state index in [0.29, 0.717) is 13.2 Å². The molecule has 0 bridgehead atoms. The Morgan fingerprint density at radius 3 is 2.25 bits per heavy atom. The van der Waals surface area contributed by atoms with Gasteiger partial charge in [-0.25, -0.2) is 4.79 Å². The maximum atomic E-state index is 10.8. The third-order valence-corrected chi connectivity index (χ3v) is 5.96. The molecule has 6 heteroatoms. The third-order valence-electron chi connectivity index (χ3n) is 3.02. The first-order chi connectivity index (χ1) is 9.64. The summed E-state index contributed by atoms with van der Waals surface area (Å²) in [4.78, 5) is 10.8. The molecule has 0 rings (SSSR count). The average Bonchev–Trinajstić information content (AvgIpc) is 2.48. The summed E-state index contributed by atoms with van der Waals surface area (Å²) < 4.78 is 21.4. The standard InChI is InChI=1S/C14H28O5Si/c1-5-14(15)18-12-10-8-7-9-11-13-20(16-3,17-4)19-6-2/h5H,1,6-13H2,2-4H3. The van der Waals surface area contributed by atoms with Crippen LogP contribution in [0, 0.1) is 0 Å². The predicted octanol–water partition coefficient (Wildman–Crippen LogP) is 2.93. The molecule has 0 saturated heterocycles. The minimum Gasteiger partial charge on any atom is -0.463 e. The predicted molar refractivity (Wildman–Crippen MR) is 80.4 cm³/mol. The Labute approximate surface area is 123 Å². The Balaban J connectivity index is 3.59. The fourth-order valence-corrected chi connectivity index (χ4v) is 3.98. The summed E-state index contributed by atoms with van der Waals surface area (Å²) in [5, 5.41) is 0. The molecule has 0 fully saturated rings. The molecule has 5 nitrogen and oxygen atoms in total. The molecule has 0 aliphatic heterocycles. The fraction of sp³-hybridized carbons (Fsp3) is 0.786. The second-order valence-electron chi connectivity index (χ2n) is 4.41. The maximum absolute atomic E-state index is 10.8. The second-order valence-corrected chi connectivity index (χ2v) is 7.38. The zero-order chi connectivity index (χ0) is 15.3. The van der Waals surface area contributed by atoms with Crippen LogP contribution in [0.2, 0.25) is 6.04 Å². The molecule has 0 aromatic rings. The number of carbonyl (C=O) groups is 1. The van der Waals surface area contributed by atoms with Gasteiger partial charge in [0.1, 0.15) is 0 Å². The van der Waals surface area contributed by atoms with Gasteiger partial charge in [0.05, 0.1) is 6.61 Å². The molecule has 0 aromatic heterocycles. The molecule has 0 heterocycles. The van der Waals surface area contributed by atoms with Crippen molar-refractivity contribution in [2.75, 3.05) is 27.4 Å². The summed E-state index contributed by atoms with van der Waals surface area (Å²) in [6.45, 7) is 6.38.